The molecule has 0 unspecified atom stereocenters. The van der Waals surface area contributed by atoms with E-state index in [9.17, 15) is 10.2 Å². The van der Waals surface area contributed by atoms with Crippen molar-refractivity contribution >= 4 is 0 Å². The smallest absolute Gasteiger partial charge is 0.119 e. The standard InChI is InChI=1S/C29H40O2/c1-27(2,21-11-13-25(30)23(19-21)28(3)15-7-5-8-16-28)22-12-14-26(31)24(20-22)29(4)17-9-6-10-18-29/h11-14,19-20,30-31H,5-10,15-18H2,1-4H3. The maximum absolute atomic E-state index is 10.7. The second-order valence-electron chi connectivity index (χ2n) is 11.3. The molecule has 4 rings (SSSR count). The van der Waals surface area contributed by atoms with E-state index in [1.807, 2.05) is 12.1 Å². The maximum atomic E-state index is 10.7. The molecule has 2 N–H and O–H groups in total. The van der Waals surface area contributed by atoms with Gasteiger partial charge in [-0.1, -0.05) is 90.5 Å². The van der Waals surface area contributed by atoms with Gasteiger partial charge in [0.1, 0.15) is 11.5 Å². The number of benzene rings is 2. The van der Waals surface area contributed by atoms with Crippen molar-refractivity contribution < 1.29 is 10.2 Å². The van der Waals surface area contributed by atoms with E-state index in [1.54, 1.807) is 0 Å². The molecule has 0 atom stereocenters. The molecule has 2 aromatic rings. The van der Waals surface area contributed by atoms with E-state index in [0.29, 0.717) is 11.5 Å². The van der Waals surface area contributed by atoms with Gasteiger partial charge in [-0.3, -0.25) is 0 Å². The lowest BCUT2D eigenvalue weighted by Gasteiger charge is -2.37. The highest BCUT2D eigenvalue weighted by molar-refractivity contribution is 5.50. The Bertz CT molecular complexity index is 852. The normalized spacial score (nSPS) is 21.0. The van der Waals surface area contributed by atoms with Crippen molar-refractivity contribution in [3.63, 3.8) is 0 Å². The molecule has 2 aromatic carbocycles. The number of hydrogen-bond acceptors (Lipinski definition) is 2. The van der Waals surface area contributed by atoms with Crippen LogP contribution in [-0.2, 0) is 16.2 Å². The highest BCUT2D eigenvalue weighted by Gasteiger charge is 2.35. The van der Waals surface area contributed by atoms with Crippen LogP contribution in [0.5, 0.6) is 11.5 Å². The number of phenolic OH excluding ortho intramolecular Hbond substituents is 2. The van der Waals surface area contributed by atoms with Crippen LogP contribution in [0.3, 0.4) is 0 Å². The largest absolute Gasteiger partial charge is 0.508 e. The van der Waals surface area contributed by atoms with E-state index in [2.05, 4.69) is 52.0 Å². The van der Waals surface area contributed by atoms with Crippen molar-refractivity contribution in [1.82, 2.24) is 0 Å². The third kappa shape index (κ3) is 4.11. The molecular formula is C29H40O2. The Morgan fingerprint density at radius 3 is 1.32 bits per heavy atom. The minimum absolute atomic E-state index is 0.0596. The second-order valence-corrected chi connectivity index (χ2v) is 11.3. The molecule has 31 heavy (non-hydrogen) atoms. The molecule has 2 aliphatic carbocycles. The van der Waals surface area contributed by atoms with Gasteiger partial charge in [0.15, 0.2) is 0 Å². The van der Waals surface area contributed by atoms with Gasteiger partial charge in [-0.25, -0.2) is 0 Å². The topological polar surface area (TPSA) is 40.5 Å². The van der Waals surface area contributed by atoms with Gasteiger partial charge < -0.3 is 10.2 Å². The van der Waals surface area contributed by atoms with E-state index < -0.39 is 0 Å². The second kappa shape index (κ2) is 8.19. The first-order valence-corrected chi connectivity index (χ1v) is 12.3. The van der Waals surface area contributed by atoms with Gasteiger partial charge in [-0.15, -0.1) is 0 Å². The van der Waals surface area contributed by atoms with Crippen molar-refractivity contribution in [1.29, 1.82) is 0 Å². The van der Waals surface area contributed by atoms with Gasteiger partial charge in [0.05, 0.1) is 0 Å². The monoisotopic (exact) mass is 420 g/mol. The lowest BCUT2D eigenvalue weighted by atomic mass is 9.67. The van der Waals surface area contributed by atoms with E-state index in [0.717, 1.165) is 36.8 Å². The summed E-state index contributed by atoms with van der Waals surface area (Å²) in [4.78, 5) is 0. The SMILES string of the molecule is CC1(c2cc(C(C)(C)c3ccc(O)c(C4(C)CCCCC4)c3)ccc2O)CCCCC1. The summed E-state index contributed by atoms with van der Waals surface area (Å²) in [6.45, 7) is 9.18. The number of aromatic hydroxyl groups is 2. The predicted octanol–water partition coefficient (Wildman–Crippen LogP) is 7.87. The molecule has 0 spiro atoms. The first kappa shape index (κ1) is 22.2. The summed E-state index contributed by atoms with van der Waals surface area (Å²) >= 11 is 0. The summed E-state index contributed by atoms with van der Waals surface area (Å²) in [6.07, 6.45) is 12.1. The van der Waals surface area contributed by atoms with Crippen LogP contribution >= 0.6 is 0 Å². The van der Waals surface area contributed by atoms with Crippen molar-refractivity contribution in [2.24, 2.45) is 0 Å². The minimum atomic E-state index is -0.207. The van der Waals surface area contributed by atoms with Gasteiger partial charge in [-0.2, -0.15) is 0 Å². The average molecular weight is 421 g/mol. The zero-order valence-corrected chi connectivity index (χ0v) is 19.9. The zero-order valence-electron chi connectivity index (χ0n) is 19.9. The van der Waals surface area contributed by atoms with Crippen molar-refractivity contribution in [3.8, 4) is 11.5 Å². The van der Waals surface area contributed by atoms with Crippen LogP contribution in [0, 0.1) is 0 Å². The summed E-state index contributed by atoms with van der Waals surface area (Å²) < 4.78 is 0. The maximum Gasteiger partial charge on any atom is 0.119 e. The lowest BCUT2D eigenvalue weighted by Crippen LogP contribution is -2.28. The molecule has 0 aromatic heterocycles. The summed E-state index contributed by atoms with van der Waals surface area (Å²) in [6, 6.07) is 12.5. The third-order valence-corrected chi connectivity index (χ3v) is 8.65. The Hall–Kier alpha value is -1.96. The highest BCUT2D eigenvalue weighted by atomic mass is 16.3. The van der Waals surface area contributed by atoms with Gasteiger partial charge in [-0.05, 0) is 59.8 Å². The Labute approximate surface area is 188 Å². The van der Waals surface area contributed by atoms with Crippen LogP contribution in [-0.4, -0.2) is 10.2 Å². The molecule has 0 bridgehead atoms. The molecule has 0 saturated heterocycles. The number of phenols is 2. The molecule has 0 heterocycles. The van der Waals surface area contributed by atoms with Crippen LogP contribution in [0.25, 0.3) is 0 Å². The number of rotatable bonds is 4. The van der Waals surface area contributed by atoms with Crippen LogP contribution in [0.1, 0.15) is 114 Å². The number of hydrogen-bond donors (Lipinski definition) is 2. The Kier molecular flexibility index (Phi) is 5.87. The zero-order chi connectivity index (χ0) is 22.3. The Balaban J connectivity index is 1.74. The summed E-state index contributed by atoms with van der Waals surface area (Å²) in [5.74, 6) is 0.870. The van der Waals surface area contributed by atoms with E-state index in [1.165, 1.54) is 49.7 Å². The highest BCUT2D eigenvalue weighted by Crippen LogP contribution is 2.47. The van der Waals surface area contributed by atoms with E-state index >= 15 is 0 Å². The van der Waals surface area contributed by atoms with Gasteiger partial charge >= 0.3 is 0 Å². The minimum Gasteiger partial charge on any atom is -0.508 e. The molecule has 168 valence electrons. The predicted molar refractivity (Wildman–Crippen MR) is 129 cm³/mol. The molecule has 2 aliphatic rings. The molecule has 0 amide bonds. The molecular weight excluding hydrogens is 380 g/mol. The molecule has 2 saturated carbocycles. The fourth-order valence-corrected chi connectivity index (χ4v) is 6.19. The lowest BCUT2D eigenvalue weighted by molar-refractivity contribution is 0.307. The van der Waals surface area contributed by atoms with E-state index in [-0.39, 0.29) is 16.2 Å². The van der Waals surface area contributed by atoms with Gasteiger partial charge in [0.2, 0.25) is 0 Å². The Morgan fingerprint density at radius 2 is 0.968 bits per heavy atom. The molecule has 2 nitrogen and oxygen atoms in total. The summed E-state index contributed by atoms with van der Waals surface area (Å²) in [7, 11) is 0. The summed E-state index contributed by atoms with van der Waals surface area (Å²) in [5.41, 5.74) is 4.59. The first-order chi connectivity index (χ1) is 14.7. The van der Waals surface area contributed by atoms with Crippen LogP contribution in [0.4, 0.5) is 0 Å². The van der Waals surface area contributed by atoms with Crippen molar-refractivity contribution in [3.05, 3.63) is 58.7 Å². The van der Waals surface area contributed by atoms with Crippen molar-refractivity contribution in [2.45, 2.75) is 108 Å². The Morgan fingerprint density at radius 1 is 0.613 bits per heavy atom. The van der Waals surface area contributed by atoms with Crippen molar-refractivity contribution in [2.75, 3.05) is 0 Å². The van der Waals surface area contributed by atoms with Gasteiger partial charge in [0, 0.05) is 16.5 Å². The van der Waals surface area contributed by atoms with Crippen LogP contribution < -0.4 is 0 Å². The van der Waals surface area contributed by atoms with Gasteiger partial charge in [0.25, 0.3) is 0 Å². The summed E-state index contributed by atoms with van der Waals surface area (Å²) in [5, 5.41) is 21.5. The molecule has 0 aliphatic heterocycles. The molecule has 0 radical (unpaired) electrons. The first-order valence-electron chi connectivity index (χ1n) is 12.3. The molecule has 2 heteroatoms. The molecule has 2 fully saturated rings. The average Bonchev–Trinajstić information content (AvgIpc) is 2.75. The fourth-order valence-electron chi connectivity index (χ4n) is 6.19. The quantitative estimate of drug-likeness (QED) is 0.528. The van der Waals surface area contributed by atoms with Crippen LogP contribution in [0.2, 0.25) is 0 Å². The third-order valence-electron chi connectivity index (χ3n) is 8.65. The van der Waals surface area contributed by atoms with E-state index in [4.69, 9.17) is 0 Å². The van der Waals surface area contributed by atoms with Crippen LogP contribution in [0.15, 0.2) is 36.4 Å². The fraction of sp³-hybridized carbons (Fsp3) is 0.586.